The Bertz CT molecular complexity index is 351. The summed E-state index contributed by atoms with van der Waals surface area (Å²) in [6, 6.07) is 6.92. The Balaban J connectivity index is 2.68. The Morgan fingerprint density at radius 2 is 2.00 bits per heavy atom. The van der Waals surface area contributed by atoms with Crippen LogP contribution in [0.15, 0.2) is 24.3 Å². The minimum absolute atomic E-state index is 0.362. The quantitative estimate of drug-likeness (QED) is 0.640. The minimum atomic E-state index is -0.957. The summed E-state index contributed by atoms with van der Waals surface area (Å²) in [5, 5.41) is 20.7. The number of aliphatic carboxylic acids is 1. The lowest BCUT2D eigenvalue weighted by molar-refractivity contribution is -0.139. The lowest BCUT2D eigenvalue weighted by Crippen LogP contribution is -2.46. The van der Waals surface area contributed by atoms with Gasteiger partial charge in [-0.05, 0) is 25.7 Å². The van der Waals surface area contributed by atoms with Crippen LogP contribution >= 0.6 is 0 Å². The number of carboxylic acids is 1. The van der Waals surface area contributed by atoms with E-state index >= 15 is 0 Å². The van der Waals surface area contributed by atoms with Crippen LogP contribution in [0.3, 0.4) is 0 Å². The number of aryl methyl sites for hydroxylation is 1. The lowest BCUT2D eigenvalue weighted by Gasteiger charge is -2.14. The molecule has 0 aliphatic rings. The van der Waals surface area contributed by atoms with Crippen molar-refractivity contribution in [3.05, 3.63) is 35.4 Å². The average Bonchev–Trinajstić information content (AvgIpc) is 2.19. The molecule has 0 fully saturated rings. The van der Waals surface area contributed by atoms with Crippen LogP contribution in [0, 0.1) is 6.92 Å². The molecule has 0 aliphatic heterocycles. The van der Waals surface area contributed by atoms with E-state index in [4.69, 9.17) is 10.1 Å². The standard InChI is InChI=1S/C11H16BNO3/c1-8-3-5-9(6-4-8)7-10(11(14)15)13-12(2)16/h3-6,10,13,16H,7H2,1-2H3,(H,14,15). The van der Waals surface area contributed by atoms with Crippen molar-refractivity contribution >= 4 is 13.0 Å². The van der Waals surface area contributed by atoms with Crippen LogP contribution in [0.25, 0.3) is 0 Å². The third-order valence-corrected chi connectivity index (χ3v) is 2.30. The summed E-state index contributed by atoms with van der Waals surface area (Å²) in [4.78, 5) is 10.9. The molecule has 0 amide bonds. The molecule has 0 heterocycles. The molecule has 1 rings (SSSR count). The SMILES string of the molecule is CB(O)NC(Cc1ccc(C)cc1)C(=O)O. The maximum atomic E-state index is 10.9. The van der Waals surface area contributed by atoms with Crippen LogP contribution in [0.5, 0.6) is 0 Å². The fourth-order valence-corrected chi connectivity index (χ4v) is 1.47. The zero-order valence-corrected chi connectivity index (χ0v) is 9.47. The molecule has 86 valence electrons. The van der Waals surface area contributed by atoms with Crippen molar-refractivity contribution < 1.29 is 14.9 Å². The average molecular weight is 221 g/mol. The fourth-order valence-electron chi connectivity index (χ4n) is 1.47. The first-order valence-electron chi connectivity index (χ1n) is 5.21. The molecule has 0 bridgehead atoms. The molecule has 5 heteroatoms. The number of carboxylic acid groups (broad SMARTS) is 1. The van der Waals surface area contributed by atoms with Gasteiger partial charge >= 0.3 is 13.0 Å². The second kappa shape index (κ2) is 5.68. The number of hydrogen-bond donors (Lipinski definition) is 3. The highest BCUT2D eigenvalue weighted by atomic mass is 16.4. The van der Waals surface area contributed by atoms with Gasteiger partial charge in [0.2, 0.25) is 0 Å². The number of rotatable bonds is 5. The molecule has 4 nitrogen and oxygen atoms in total. The molecule has 16 heavy (non-hydrogen) atoms. The summed E-state index contributed by atoms with van der Waals surface area (Å²) in [5.74, 6) is -0.957. The summed E-state index contributed by atoms with van der Waals surface area (Å²) in [6.07, 6.45) is 0.362. The first kappa shape index (κ1) is 12.7. The van der Waals surface area contributed by atoms with E-state index in [1.54, 1.807) is 0 Å². The third kappa shape index (κ3) is 4.04. The highest BCUT2D eigenvalue weighted by Gasteiger charge is 2.20. The van der Waals surface area contributed by atoms with Crippen LogP contribution < -0.4 is 5.23 Å². The van der Waals surface area contributed by atoms with Crippen molar-refractivity contribution in [3.8, 4) is 0 Å². The first-order chi connectivity index (χ1) is 7.49. The maximum absolute atomic E-state index is 10.9. The fraction of sp³-hybridized carbons (Fsp3) is 0.364. The monoisotopic (exact) mass is 221 g/mol. The van der Waals surface area contributed by atoms with Gasteiger partial charge in [-0.2, -0.15) is 0 Å². The molecule has 0 aliphatic carbocycles. The van der Waals surface area contributed by atoms with Gasteiger partial charge in [-0.25, -0.2) is 0 Å². The van der Waals surface area contributed by atoms with Gasteiger partial charge in [0.05, 0.1) is 0 Å². The summed E-state index contributed by atoms with van der Waals surface area (Å²) in [7, 11) is -0.827. The number of nitrogens with one attached hydrogen (secondary N) is 1. The van der Waals surface area contributed by atoms with Gasteiger partial charge in [0.25, 0.3) is 0 Å². The van der Waals surface area contributed by atoms with Crippen molar-refractivity contribution in [1.29, 1.82) is 0 Å². The summed E-state index contributed by atoms with van der Waals surface area (Å²) in [6.45, 7) is 3.48. The molecule has 0 spiro atoms. The molecule has 0 aromatic heterocycles. The Morgan fingerprint density at radius 3 is 2.44 bits per heavy atom. The largest absolute Gasteiger partial charge is 0.480 e. The van der Waals surface area contributed by atoms with Gasteiger partial charge in [-0.3, -0.25) is 4.79 Å². The third-order valence-electron chi connectivity index (χ3n) is 2.30. The zero-order valence-electron chi connectivity index (χ0n) is 9.47. The molecular formula is C11H16BNO3. The van der Waals surface area contributed by atoms with Gasteiger partial charge in [0.15, 0.2) is 0 Å². The van der Waals surface area contributed by atoms with Crippen LogP contribution in [0.2, 0.25) is 6.82 Å². The van der Waals surface area contributed by atoms with Gasteiger partial charge in [0.1, 0.15) is 6.04 Å². The predicted molar refractivity (Wildman–Crippen MR) is 63.3 cm³/mol. The van der Waals surface area contributed by atoms with E-state index in [2.05, 4.69) is 5.23 Å². The topological polar surface area (TPSA) is 69.6 Å². The lowest BCUT2D eigenvalue weighted by atomic mass is 9.86. The van der Waals surface area contributed by atoms with Crippen LogP contribution in [-0.4, -0.2) is 29.2 Å². The van der Waals surface area contributed by atoms with E-state index in [9.17, 15) is 4.79 Å². The van der Waals surface area contributed by atoms with Crippen LogP contribution in [0.1, 0.15) is 11.1 Å². The highest BCUT2D eigenvalue weighted by molar-refractivity contribution is 6.46. The predicted octanol–water partition coefficient (Wildman–Crippen LogP) is 0.691. The van der Waals surface area contributed by atoms with E-state index in [0.717, 1.165) is 11.1 Å². The number of hydrogen-bond acceptors (Lipinski definition) is 3. The molecule has 0 radical (unpaired) electrons. The van der Waals surface area contributed by atoms with Crippen molar-refractivity contribution in [2.75, 3.05) is 0 Å². The molecular weight excluding hydrogens is 205 g/mol. The molecule has 1 unspecified atom stereocenters. The summed E-state index contributed by atoms with van der Waals surface area (Å²) >= 11 is 0. The molecule has 1 aromatic rings. The highest BCUT2D eigenvalue weighted by Crippen LogP contribution is 2.06. The Labute approximate surface area is 95.4 Å². The van der Waals surface area contributed by atoms with Crippen molar-refractivity contribution in [1.82, 2.24) is 5.23 Å². The van der Waals surface area contributed by atoms with Gasteiger partial charge < -0.3 is 15.4 Å². The number of benzene rings is 1. The van der Waals surface area contributed by atoms with E-state index in [-0.39, 0.29) is 0 Å². The second-order valence-corrected chi connectivity index (χ2v) is 3.92. The smallest absolute Gasteiger partial charge is 0.374 e. The van der Waals surface area contributed by atoms with Crippen LogP contribution in [0.4, 0.5) is 0 Å². The van der Waals surface area contributed by atoms with Crippen LogP contribution in [-0.2, 0) is 11.2 Å². The maximum Gasteiger partial charge on any atom is 0.374 e. The van der Waals surface area contributed by atoms with Crippen molar-refractivity contribution in [2.45, 2.75) is 26.2 Å². The molecule has 1 atom stereocenters. The van der Waals surface area contributed by atoms with Gasteiger partial charge in [-0.1, -0.05) is 29.8 Å². The first-order valence-corrected chi connectivity index (χ1v) is 5.21. The minimum Gasteiger partial charge on any atom is -0.480 e. The van der Waals surface area contributed by atoms with Crippen molar-refractivity contribution in [3.63, 3.8) is 0 Å². The Morgan fingerprint density at radius 1 is 1.44 bits per heavy atom. The second-order valence-electron chi connectivity index (χ2n) is 3.92. The molecule has 0 saturated carbocycles. The van der Waals surface area contributed by atoms with Gasteiger partial charge in [0, 0.05) is 0 Å². The Hall–Kier alpha value is -1.33. The van der Waals surface area contributed by atoms with E-state index < -0.39 is 19.1 Å². The normalized spacial score (nSPS) is 12.2. The molecule has 0 saturated heterocycles. The number of carbonyl (C=O) groups is 1. The zero-order chi connectivity index (χ0) is 12.1. The van der Waals surface area contributed by atoms with E-state index in [0.29, 0.717) is 6.42 Å². The van der Waals surface area contributed by atoms with Gasteiger partial charge in [-0.15, -0.1) is 0 Å². The van der Waals surface area contributed by atoms with E-state index in [1.165, 1.54) is 6.82 Å². The van der Waals surface area contributed by atoms with Crippen molar-refractivity contribution in [2.24, 2.45) is 0 Å². The molecule has 3 N–H and O–H groups in total. The molecule has 1 aromatic carbocycles. The Kier molecular flexibility index (Phi) is 4.52. The summed E-state index contributed by atoms with van der Waals surface area (Å²) in [5.41, 5.74) is 2.07. The van der Waals surface area contributed by atoms with E-state index in [1.807, 2.05) is 31.2 Å². The summed E-state index contributed by atoms with van der Waals surface area (Å²) < 4.78 is 0.